The summed E-state index contributed by atoms with van der Waals surface area (Å²) in [6.45, 7) is 2.58. The highest BCUT2D eigenvalue weighted by atomic mass is 32.2. The van der Waals surface area contributed by atoms with E-state index in [2.05, 4.69) is 12.2 Å². The zero-order valence-corrected chi connectivity index (χ0v) is 19.6. The number of amides is 1. The summed E-state index contributed by atoms with van der Waals surface area (Å²) in [7, 11) is -2.37. The molecular weight excluding hydrogens is 436 g/mol. The monoisotopic (exact) mass is 464 g/mol. The van der Waals surface area contributed by atoms with Gasteiger partial charge >= 0.3 is 0 Å². The molecule has 0 fully saturated rings. The number of carbonyl (C=O) groups is 1. The van der Waals surface area contributed by atoms with Gasteiger partial charge in [0.25, 0.3) is 0 Å². The highest BCUT2D eigenvalue weighted by Crippen LogP contribution is 2.30. The lowest BCUT2D eigenvalue weighted by Crippen LogP contribution is -2.52. The molecule has 33 heavy (non-hydrogen) atoms. The van der Waals surface area contributed by atoms with Crippen molar-refractivity contribution in [1.82, 2.24) is 9.62 Å². The molecule has 0 unspecified atom stereocenters. The van der Waals surface area contributed by atoms with Crippen molar-refractivity contribution >= 4 is 15.9 Å². The summed E-state index contributed by atoms with van der Waals surface area (Å²) in [5.41, 5.74) is 4.10. The molecule has 6 nitrogen and oxygen atoms in total. The van der Waals surface area contributed by atoms with Gasteiger partial charge in [-0.2, -0.15) is 4.31 Å². The Morgan fingerprint density at radius 1 is 0.970 bits per heavy atom. The molecule has 0 spiro atoms. The van der Waals surface area contributed by atoms with Crippen LogP contribution in [0, 0.1) is 0 Å². The average Bonchev–Trinajstić information content (AvgIpc) is 2.86. The number of methoxy groups -OCH3 is 1. The van der Waals surface area contributed by atoms with Crippen LogP contribution in [0.5, 0.6) is 5.75 Å². The Morgan fingerprint density at radius 2 is 1.61 bits per heavy atom. The van der Waals surface area contributed by atoms with Crippen molar-refractivity contribution in [3.05, 3.63) is 95.1 Å². The summed E-state index contributed by atoms with van der Waals surface area (Å²) >= 11 is 0. The second-order valence-electron chi connectivity index (χ2n) is 8.10. The fourth-order valence-electron chi connectivity index (χ4n) is 4.06. The molecule has 4 rings (SSSR count). The number of hydrogen-bond donors (Lipinski definition) is 1. The maximum absolute atomic E-state index is 13.6. The van der Waals surface area contributed by atoms with E-state index in [1.54, 1.807) is 12.1 Å². The maximum Gasteiger partial charge on any atom is 0.244 e. The number of fused-ring (bicyclic) bond motifs is 1. The van der Waals surface area contributed by atoms with E-state index >= 15 is 0 Å². The van der Waals surface area contributed by atoms with E-state index in [1.165, 1.54) is 29.1 Å². The van der Waals surface area contributed by atoms with Gasteiger partial charge in [-0.1, -0.05) is 55.5 Å². The third kappa shape index (κ3) is 4.94. The number of benzene rings is 3. The third-order valence-electron chi connectivity index (χ3n) is 6.07. The highest BCUT2D eigenvalue weighted by Gasteiger charge is 2.39. The molecular formula is C26H28N2O4S. The van der Waals surface area contributed by atoms with E-state index in [-0.39, 0.29) is 17.3 Å². The topological polar surface area (TPSA) is 75.7 Å². The molecule has 3 aromatic rings. The summed E-state index contributed by atoms with van der Waals surface area (Å²) in [4.78, 5) is 13.4. The minimum Gasteiger partial charge on any atom is -0.497 e. The van der Waals surface area contributed by atoms with Crippen LogP contribution in [-0.2, 0) is 40.7 Å². The van der Waals surface area contributed by atoms with Gasteiger partial charge in [-0.15, -0.1) is 0 Å². The van der Waals surface area contributed by atoms with E-state index < -0.39 is 16.1 Å². The van der Waals surface area contributed by atoms with Crippen molar-refractivity contribution < 1.29 is 17.9 Å². The quantitative estimate of drug-likeness (QED) is 0.579. The summed E-state index contributed by atoms with van der Waals surface area (Å²) in [5, 5.41) is 2.94. The van der Waals surface area contributed by atoms with Gasteiger partial charge in [0, 0.05) is 13.1 Å². The van der Waals surface area contributed by atoms with Crippen LogP contribution in [0.1, 0.15) is 29.2 Å². The third-order valence-corrected chi connectivity index (χ3v) is 7.94. The molecule has 0 saturated heterocycles. The summed E-state index contributed by atoms with van der Waals surface area (Å²) in [5.74, 6) is 0.266. The Labute approximate surface area is 195 Å². The number of rotatable bonds is 7. The first-order valence-electron chi connectivity index (χ1n) is 11.0. The van der Waals surface area contributed by atoms with Crippen molar-refractivity contribution in [1.29, 1.82) is 0 Å². The molecule has 7 heteroatoms. The maximum atomic E-state index is 13.6. The van der Waals surface area contributed by atoms with Crippen molar-refractivity contribution in [3.63, 3.8) is 0 Å². The molecule has 0 radical (unpaired) electrons. The normalized spacial score (nSPS) is 16.1. The van der Waals surface area contributed by atoms with Gasteiger partial charge < -0.3 is 10.1 Å². The summed E-state index contributed by atoms with van der Waals surface area (Å²) < 4.78 is 33.6. The second kappa shape index (κ2) is 9.77. The van der Waals surface area contributed by atoms with Gasteiger partial charge in [-0.3, -0.25) is 4.79 Å². The van der Waals surface area contributed by atoms with Crippen molar-refractivity contribution in [3.8, 4) is 5.75 Å². The van der Waals surface area contributed by atoms with Gasteiger partial charge in [-0.25, -0.2) is 8.42 Å². The van der Waals surface area contributed by atoms with E-state index in [4.69, 9.17) is 4.74 Å². The predicted octanol–water partition coefficient (Wildman–Crippen LogP) is 3.69. The van der Waals surface area contributed by atoms with Crippen LogP contribution in [0.2, 0.25) is 0 Å². The number of aryl methyl sites for hydroxylation is 1. The first-order valence-corrected chi connectivity index (χ1v) is 12.4. The van der Waals surface area contributed by atoms with Gasteiger partial charge in [0.15, 0.2) is 0 Å². The SMILES string of the molecule is CCc1ccc(CNC(=O)[C@@H]2Cc3ccccc3CN2S(=O)(=O)c2ccc(OC)cc2)cc1. The summed E-state index contributed by atoms with van der Waals surface area (Å²) in [6.07, 6.45) is 1.28. The fourth-order valence-corrected chi connectivity index (χ4v) is 5.62. The standard InChI is InChI=1S/C26H28N2O4S/c1-3-19-8-10-20(11-9-19)17-27-26(29)25-16-21-6-4-5-7-22(21)18-28(25)33(30,31)24-14-12-23(32-2)13-15-24/h4-15,25H,3,16-18H2,1-2H3,(H,27,29)/t25-/m0/s1. The largest absolute Gasteiger partial charge is 0.497 e. The van der Waals surface area contributed by atoms with E-state index in [9.17, 15) is 13.2 Å². The van der Waals surface area contributed by atoms with Crippen molar-refractivity contribution in [2.24, 2.45) is 0 Å². The molecule has 172 valence electrons. The first-order chi connectivity index (χ1) is 15.9. The van der Waals surface area contributed by atoms with Crippen LogP contribution >= 0.6 is 0 Å². The molecule has 0 saturated carbocycles. The molecule has 0 aromatic heterocycles. The van der Waals surface area contributed by atoms with Gasteiger partial charge in [0.2, 0.25) is 15.9 Å². The molecule has 1 aliphatic heterocycles. The van der Waals surface area contributed by atoms with Gasteiger partial charge in [0.1, 0.15) is 11.8 Å². The fraction of sp³-hybridized carbons (Fsp3) is 0.269. The lowest BCUT2D eigenvalue weighted by atomic mass is 9.95. The van der Waals surface area contributed by atoms with Crippen molar-refractivity contribution in [2.75, 3.05) is 7.11 Å². The lowest BCUT2D eigenvalue weighted by molar-refractivity contribution is -0.125. The Bertz CT molecular complexity index is 1220. The first kappa shape index (κ1) is 23.0. The minimum absolute atomic E-state index is 0.135. The van der Waals surface area contributed by atoms with E-state index in [0.717, 1.165) is 23.1 Å². The number of sulfonamides is 1. The zero-order valence-electron chi connectivity index (χ0n) is 18.8. The van der Waals surface area contributed by atoms with Crippen molar-refractivity contribution in [2.45, 2.75) is 43.8 Å². The van der Waals surface area contributed by atoms with E-state index in [0.29, 0.717) is 18.7 Å². The molecule has 1 atom stereocenters. The smallest absolute Gasteiger partial charge is 0.244 e. The Hall–Kier alpha value is -3.16. The molecule has 0 aliphatic carbocycles. The van der Waals surface area contributed by atoms with Crippen LogP contribution in [-0.4, -0.2) is 31.8 Å². The second-order valence-corrected chi connectivity index (χ2v) is 9.99. The Balaban J connectivity index is 1.60. The molecule has 1 heterocycles. The lowest BCUT2D eigenvalue weighted by Gasteiger charge is -2.35. The molecule has 1 amide bonds. The average molecular weight is 465 g/mol. The number of carbonyl (C=O) groups excluding carboxylic acids is 1. The highest BCUT2D eigenvalue weighted by molar-refractivity contribution is 7.89. The number of ether oxygens (including phenoxy) is 1. The van der Waals surface area contributed by atoms with Gasteiger partial charge in [-0.05, 0) is 59.4 Å². The van der Waals surface area contributed by atoms with E-state index in [1.807, 2.05) is 48.5 Å². The molecule has 1 N–H and O–H groups in total. The number of hydrogen-bond acceptors (Lipinski definition) is 4. The van der Waals surface area contributed by atoms with Gasteiger partial charge in [0.05, 0.1) is 12.0 Å². The predicted molar refractivity (Wildman–Crippen MR) is 127 cm³/mol. The van der Waals surface area contributed by atoms with Crippen LogP contribution < -0.4 is 10.1 Å². The summed E-state index contributed by atoms with van der Waals surface area (Å²) in [6, 6.07) is 21.1. The minimum atomic E-state index is -3.90. The zero-order chi connectivity index (χ0) is 23.4. The van der Waals surface area contributed by atoms with Crippen LogP contribution in [0.25, 0.3) is 0 Å². The number of nitrogens with one attached hydrogen (secondary N) is 1. The Morgan fingerprint density at radius 3 is 2.24 bits per heavy atom. The van der Waals surface area contributed by atoms with Crippen LogP contribution in [0.15, 0.2) is 77.7 Å². The van der Waals surface area contributed by atoms with Crippen LogP contribution in [0.3, 0.4) is 0 Å². The Kier molecular flexibility index (Phi) is 6.81. The molecule has 0 bridgehead atoms. The molecule has 3 aromatic carbocycles. The molecule has 1 aliphatic rings. The van der Waals surface area contributed by atoms with Crippen LogP contribution in [0.4, 0.5) is 0 Å². The number of nitrogens with zero attached hydrogens (tertiary/aromatic N) is 1.